The van der Waals surface area contributed by atoms with Gasteiger partial charge in [0.1, 0.15) is 5.75 Å². The minimum Gasteiger partial charge on any atom is -0.496 e. The van der Waals surface area contributed by atoms with Gasteiger partial charge in [-0.3, -0.25) is 9.59 Å². The third-order valence-electron chi connectivity index (χ3n) is 7.32. The van der Waals surface area contributed by atoms with E-state index in [1.165, 1.54) is 4.68 Å². The zero-order chi connectivity index (χ0) is 33.7. The lowest BCUT2D eigenvalue weighted by Gasteiger charge is -2.17. The number of rotatable bonds is 11. The molecular weight excluding hydrogens is 731 g/mol. The number of amides is 1. The number of nitrogens with zero attached hydrogens (tertiary/aromatic N) is 3. The molecule has 11 heteroatoms. The molecule has 9 nitrogen and oxygen atoms in total. The minimum absolute atomic E-state index is 0.178. The Hall–Kier alpha value is -4.42. The molecule has 0 aliphatic heterocycles. The maximum Gasteiger partial charge on any atom is 0.282 e. The van der Waals surface area contributed by atoms with Gasteiger partial charge in [0, 0.05) is 16.3 Å². The summed E-state index contributed by atoms with van der Waals surface area (Å²) in [6, 6.07) is 21.6. The summed E-state index contributed by atoms with van der Waals surface area (Å²) in [4.78, 5) is 31.4. The number of hydrogen-bond acceptors (Lipinski definition) is 7. The maximum atomic E-state index is 13.9. The van der Waals surface area contributed by atoms with Crippen LogP contribution in [-0.2, 0) is 4.79 Å². The van der Waals surface area contributed by atoms with E-state index in [0.717, 1.165) is 22.4 Å². The van der Waals surface area contributed by atoms with Gasteiger partial charge in [-0.25, -0.2) is 4.98 Å². The molecule has 0 fully saturated rings. The number of ether oxygens (including phenoxy) is 3. The summed E-state index contributed by atoms with van der Waals surface area (Å²) < 4.78 is 19.5. The predicted octanol–water partition coefficient (Wildman–Crippen LogP) is 8.06. The van der Waals surface area contributed by atoms with Crippen molar-refractivity contribution in [3.63, 3.8) is 0 Å². The molecule has 0 saturated carbocycles. The molecule has 4 aromatic carbocycles. The van der Waals surface area contributed by atoms with Crippen LogP contribution in [0.3, 0.4) is 0 Å². The first kappa shape index (κ1) is 33.9. The van der Waals surface area contributed by atoms with E-state index in [4.69, 9.17) is 30.8 Å². The molecule has 5 aromatic rings. The minimum atomic E-state index is -0.332. The highest BCUT2D eigenvalue weighted by molar-refractivity contribution is 14.1. The van der Waals surface area contributed by atoms with Crippen LogP contribution in [0.2, 0.25) is 5.02 Å². The number of halogens is 2. The summed E-state index contributed by atoms with van der Waals surface area (Å²) in [6.45, 7) is 8.15. The Balaban J connectivity index is 1.51. The summed E-state index contributed by atoms with van der Waals surface area (Å²) >= 11 is 8.07. The van der Waals surface area contributed by atoms with Crippen molar-refractivity contribution in [1.82, 2.24) is 9.66 Å². The van der Waals surface area contributed by atoms with Gasteiger partial charge in [-0.15, -0.1) is 0 Å². The normalized spacial score (nSPS) is 11.3. The smallest absolute Gasteiger partial charge is 0.282 e. The highest BCUT2D eigenvalue weighted by atomic mass is 127. The van der Waals surface area contributed by atoms with E-state index in [1.54, 1.807) is 55.8 Å². The summed E-state index contributed by atoms with van der Waals surface area (Å²) in [6.07, 6.45) is 1.59. The molecule has 1 aromatic heterocycles. The fourth-order valence-electron chi connectivity index (χ4n) is 5.03. The molecule has 1 N–H and O–H groups in total. The van der Waals surface area contributed by atoms with Gasteiger partial charge < -0.3 is 19.5 Å². The number of anilines is 1. The van der Waals surface area contributed by atoms with Gasteiger partial charge in [0.2, 0.25) is 0 Å². The number of methoxy groups -OCH3 is 1. The van der Waals surface area contributed by atoms with E-state index in [0.29, 0.717) is 54.7 Å². The van der Waals surface area contributed by atoms with Crippen molar-refractivity contribution in [2.75, 3.05) is 25.6 Å². The van der Waals surface area contributed by atoms with E-state index < -0.39 is 0 Å². The topological polar surface area (TPSA) is 104 Å². The summed E-state index contributed by atoms with van der Waals surface area (Å²) in [5.41, 5.74) is 4.23. The van der Waals surface area contributed by atoms with Crippen LogP contribution in [0.25, 0.3) is 22.3 Å². The second-order valence-electron chi connectivity index (χ2n) is 11.0. The molecule has 47 heavy (non-hydrogen) atoms. The lowest BCUT2D eigenvalue weighted by atomic mass is 9.96. The highest BCUT2D eigenvalue weighted by Gasteiger charge is 2.19. The number of aryl methyl sites for hydroxylation is 1. The first-order chi connectivity index (χ1) is 22.6. The van der Waals surface area contributed by atoms with Gasteiger partial charge in [-0.1, -0.05) is 37.6 Å². The van der Waals surface area contributed by atoms with Crippen LogP contribution < -0.4 is 25.1 Å². The van der Waals surface area contributed by atoms with Crippen molar-refractivity contribution in [1.29, 1.82) is 0 Å². The molecule has 0 unspecified atom stereocenters. The number of fused-ring (bicyclic) bond motifs is 1. The van der Waals surface area contributed by atoms with E-state index in [1.807, 2.05) is 44.2 Å². The molecule has 5 rings (SSSR count). The van der Waals surface area contributed by atoms with Crippen LogP contribution in [-0.4, -0.2) is 42.1 Å². The second kappa shape index (κ2) is 15.0. The number of benzene rings is 4. The lowest BCUT2D eigenvalue weighted by molar-refractivity contribution is -0.118. The van der Waals surface area contributed by atoms with Gasteiger partial charge in [-0.05, 0) is 120 Å². The van der Waals surface area contributed by atoms with Gasteiger partial charge in [0.05, 0.1) is 34.4 Å². The number of carbonyl (C=O) groups excluding carboxylic acids is 1. The molecule has 0 bridgehead atoms. The highest BCUT2D eigenvalue weighted by Crippen LogP contribution is 2.35. The molecule has 1 heterocycles. The monoisotopic (exact) mass is 764 g/mol. The van der Waals surface area contributed by atoms with Crippen molar-refractivity contribution in [2.45, 2.75) is 33.6 Å². The van der Waals surface area contributed by atoms with E-state index in [2.05, 4.69) is 46.9 Å². The Morgan fingerprint density at radius 2 is 1.81 bits per heavy atom. The van der Waals surface area contributed by atoms with Crippen LogP contribution in [0.5, 0.6) is 17.2 Å². The van der Waals surface area contributed by atoms with Crippen molar-refractivity contribution in [3.05, 3.63) is 108 Å². The van der Waals surface area contributed by atoms with E-state index >= 15 is 0 Å². The predicted molar refractivity (Wildman–Crippen MR) is 196 cm³/mol. The molecule has 0 saturated heterocycles. The van der Waals surface area contributed by atoms with E-state index in [-0.39, 0.29) is 24.0 Å². The van der Waals surface area contributed by atoms with Gasteiger partial charge in [0.15, 0.2) is 23.9 Å². The largest absolute Gasteiger partial charge is 0.496 e. The molecule has 242 valence electrons. The second-order valence-corrected chi connectivity index (χ2v) is 12.6. The number of nitrogens with one attached hydrogen (secondary N) is 1. The van der Waals surface area contributed by atoms with Crippen molar-refractivity contribution in [3.8, 4) is 28.6 Å². The van der Waals surface area contributed by atoms with Crippen LogP contribution in [0.15, 0.2) is 82.7 Å². The van der Waals surface area contributed by atoms with Crippen LogP contribution in [0.4, 0.5) is 5.69 Å². The molecule has 0 spiro atoms. The number of carbonyl (C=O) groups is 1. The molecule has 0 atom stereocenters. The number of para-hydroxylation sites is 1. The zero-order valence-electron chi connectivity index (χ0n) is 26.6. The average Bonchev–Trinajstić information content (AvgIpc) is 3.04. The average molecular weight is 765 g/mol. The van der Waals surface area contributed by atoms with Crippen molar-refractivity contribution < 1.29 is 19.0 Å². The van der Waals surface area contributed by atoms with Gasteiger partial charge in [-0.2, -0.15) is 9.78 Å². The Bertz CT molecular complexity index is 2030. The molecule has 0 aliphatic rings. The van der Waals surface area contributed by atoms with Gasteiger partial charge >= 0.3 is 0 Å². The van der Waals surface area contributed by atoms with Crippen LogP contribution >= 0.6 is 34.2 Å². The number of aromatic nitrogens is 2. The zero-order valence-corrected chi connectivity index (χ0v) is 29.5. The van der Waals surface area contributed by atoms with Crippen LogP contribution in [0, 0.1) is 10.5 Å². The maximum absolute atomic E-state index is 13.9. The third kappa shape index (κ3) is 7.77. The Labute approximate surface area is 291 Å². The summed E-state index contributed by atoms with van der Waals surface area (Å²) in [5.74, 6) is 1.91. The van der Waals surface area contributed by atoms with E-state index in [9.17, 15) is 9.59 Å². The number of hydrogen-bond donors (Lipinski definition) is 1. The van der Waals surface area contributed by atoms with Gasteiger partial charge in [0.25, 0.3) is 11.5 Å². The fourth-order valence-corrected chi connectivity index (χ4v) is 5.94. The molecular formula is C36H34ClIN4O5. The standard InChI is InChI=1S/C36H34ClIN4O5/c1-6-46-32-17-23(16-29(38)34(32)47-20-33(43)40-25-13-11-24(37)12-14-25)19-39-42-35(41-30-10-8-7-9-26(30)36(42)44)28-18-27(21(2)3)31(45-5)15-22(28)4/h7-19,21H,6,20H2,1-5H3,(H,40,43). The third-order valence-corrected chi connectivity index (χ3v) is 8.38. The Kier molecular flexibility index (Phi) is 10.8. The quantitative estimate of drug-likeness (QED) is 0.108. The van der Waals surface area contributed by atoms with Crippen LogP contribution in [0.1, 0.15) is 43.4 Å². The summed E-state index contributed by atoms with van der Waals surface area (Å²) in [7, 11) is 1.65. The fraction of sp³-hybridized carbons (Fsp3) is 0.222. The lowest BCUT2D eigenvalue weighted by Crippen LogP contribution is -2.21. The SMILES string of the molecule is CCOc1cc(C=Nn2c(-c3cc(C(C)C)c(OC)cc3C)nc3ccccc3c2=O)cc(I)c1OCC(=O)Nc1ccc(Cl)cc1. The molecule has 0 aliphatic carbocycles. The Morgan fingerprint density at radius 1 is 1.06 bits per heavy atom. The van der Waals surface area contributed by atoms with Crippen molar-refractivity contribution >= 4 is 62.9 Å². The molecule has 1 amide bonds. The molecule has 0 radical (unpaired) electrons. The van der Waals surface area contributed by atoms with Crippen molar-refractivity contribution in [2.24, 2.45) is 5.10 Å². The Morgan fingerprint density at radius 3 is 2.51 bits per heavy atom. The first-order valence-corrected chi connectivity index (χ1v) is 16.4. The first-order valence-electron chi connectivity index (χ1n) is 15.0. The summed E-state index contributed by atoms with van der Waals surface area (Å²) in [5, 5.41) is 8.49.